The molecule has 0 bridgehead atoms. The number of amides is 2. The number of hydrogen-bond acceptors (Lipinski definition) is 3. The Morgan fingerprint density at radius 1 is 1.04 bits per heavy atom. The third-order valence-corrected chi connectivity index (χ3v) is 4.62. The van der Waals surface area contributed by atoms with E-state index >= 15 is 0 Å². The Hall–Kier alpha value is -2.73. The van der Waals surface area contributed by atoms with Gasteiger partial charge in [-0.2, -0.15) is 0 Å². The summed E-state index contributed by atoms with van der Waals surface area (Å²) in [5, 5.41) is 2.72. The molecule has 2 aromatic carbocycles. The van der Waals surface area contributed by atoms with Crippen LogP contribution in [0.5, 0.6) is 0 Å². The molecule has 0 radical (unpaired) electrons. The van der Waals surface area contributed by atoms with Crippen molar-refractivity contribution in [3.05, 3.63) is 65.5 Å². The molecule has 2 aromatic rings. The highest BCUT2D eigenvalue weighted by atomic mass is 19.1. The lowest BCUT2D eigenvalue weighted by atomic mass is 10.1. The SMILES string of the molecule is Cc1cccc(C(=O)N2CCCN(CC(=O)Nc3cccc(F)c3)CC2)c1. The van der Waals surface area contributed by atoms with Gasteiger partial charge in [0.2, 0.25) is 5.91 Å². The Kier molecular flexibility index (Phi) is 6.19. The van der Waals surface area contributed by atoms with Crippen molar-refractivity contribution < 1.29 is 14.0 Å². The molecular formula is C21H24FN3O2. The fraction of sp³-hybridized carbons (Fsp3) is 0.333. The standard InChI is InChI=1S/C21H24FN3O2/c1-16-5-2-6-17(13-16)21(27)25-10-4-9-24(11-12-25)15-20(26)23-19-8-3-7-18(22)14-19/h2-3,5-8,13-14H,4,9-12,15H2,1H3,(H,23,26). The first-order valence-corrected chi connectivity index (χ1v) is 9.15. The molecule has 1 aliphatic heterocycles. The van der Waals surface area contributed by atoms with E-state index in [0.717, 1.165) is 18.5 Å². The molecule has 1 heterocycles. The van der Waals surface area contributed by atoms with E-state index in [1.54, 1.807) is 12.1 Å². The van der Waals surface area contributed by atoms with Crippen LogP contribution in [-0.4, -0.2) is 54.3 Å². The molecule has 1 saturated heterocycles. The van der Waals surface area contributed by atoms with Gasteiger partial charge in [-0.15, -0.1) is 0 Å². The highest BCUT2D eigenvalue weighted by molar-refractivity contribution is 5.94. The largest absolute Gasteiger partial charge is 0.337 e. The molecule has 1 N–H and O–H groups in total. The summed E-state index contributed by atoms with van der Waals surface area (Å²) in [5.74, 6) is -0.531. The van der Waals surface area contributed by atoms with E-state index in [-0.39, 0.29) is 24.2 Å². The third kappa shape index (κ3) is 5.37. The molecule has 2 amide bonds. The van der Waals surface area contributed by atoms with Crippen molar-refractivity contribution in [2.45, 2.75) is 13.3 Å². The fourth-order valence-corrected chi connectivity index (χ4v) is 3.26. The Morgan fingerprint density at radius 2 is 1.85 bits per heavy atom. The average Bonchev–Trinajstić information content (AvgIpc) is 2.86. The second kappa shape index (κ2) is 8.77. The molecule has 3 rings (SSSR count). The molecule has 142 valence electrons. The van der Waals surface area contributed by atoms with Gasteiger partial charge in [-0.1, -0.05) is 23.8 Å². The summed E-state index contributed by atoms with van der Waals surface area (Å²) in [6.45, 7) is 4.83. The van der Waals surface area contributed by atoms with Crippen LogP contribution < -0.4 is 5.32 Å². The van der Waals surface area contributed by atoms with Crippen molar-refractivity contribution in [3.63, 3.8) is 0 Å². The topological polar surface area (TPSA) is 52.7 Å². The molecule has 1 fully saturated rings. The summed E-state index contributed by atoms with van der Waals surface area (Å²) < 4.78 is 13.2. The van der Waals surface area contributed by atoms with Crippen LogP contribution in [-0.2, 0) is 4.79 Å². The van der Waals surface area contributed by atoms with Crippen molar-refractivity contribution in [2.24, 2.45) is 0 Å². The van der Waals surface area contributed by atoms with Crippen molar-refractivity contribution in [2.75, 3.05) is 38.0 Å². The molecular weight excluding hydrogens is 345 g/mol. The van der Waals surface area contributed by atoms with Crippen LogP contribution in [0.2, 0.25) is 0 Å². The van der Waals surface area contributed by atoms with Crippen LogP contribution in [0.25, 0.3) is 0 Å². The number of anilines is 1. The van der Waals surface area contributed by atoms with E-state index in [2.05, 4.69) is 5.32 Å². The lowest BCUT2D eigenvalue weighted by Crippen LogP contribution is -2.38. The molecule has 0 aliphatic carbocycles. The molecule has 0 unspecified atom stereocenters. The van der Waals surface area contributed by atoms with E-state index in [1.165, 1.54) is 12.1 Å². The Bertz CT molecular complexity index is 825. The highest BCUT2D eigenvalue weighted by Crippen LogP contribution is 2.12. The van der Waals surface area contributed by atoms with Crippen molar-refractivity contribution in [3.8, 4) is 0 Å². The van der Waals surface area contributed by atoms with Gasteiger partial charge in [0.05, 0.1) is 6.54 Å². The second-order valence-electron chi connectivity index (χ2n) is 6.85. The maximum absolute atomic E-state index is 13.2. The van der Waals surface area contributed by atoms with Gasteiger partial charge in [-0.05, 0) is 43.7 Å². The van der Waals surface area contributed by atoms with Crippen molar-refractivity contribution in [1.29, 1.82) is 0 Å². The molecule has 0 saturated carbocycles. The average molecular weight is 369 g/mol. The minimum Gasteiger partial charge on any atom is -0.337 e. The van der Waals surface area contributed by atoms with Crippen LogP contribution in [0, 0.1) is 12.7 Å². The Labute approximate surface area is 158 Å². The van der Waals surface area contributed by atoms with Crippen LogP contribution in [0.15, 0.2) is 48.5 Å². The van der Waals surface area contributed by atoms with E-state index < -0.39 is 0 Å². The minimum absolute atomic E-state index is 0.0322. The zero-order chi connectivity index (χ0) is 19.2. The summed E-state index contributed by atoms with van der Waals surface area (Å²) in [6, 6.07) is 13.5. The predicted molar refractivity (Wildman–Crippen MR) is 103 cm³/mol. The Balaban J connectivity index is 1.53. The summed E-state index contributed by atoms with van der Waals surface area (Å²) >= 11 is 0. The molecule has 1 aliphatic rings. The van der Waals surface area contributed by atoms with E-state index in [4.69, 9.17) is 0 Å². The number of carbonyl (C=O) groups excluding carboxylic acids is 2. The lowest BCUT2D eigenvalue weighted by molar-refractivity contribution is -0.117. The highest BCUT2D eigenvalue weighted by Gasteiger charge is 2.21. The zero-order valence-corrected chi connectivity index (χ0v) is 15.5. The number of halogens is 1. The number of benzene rings is 2. The van der Waals surface area contributed by atoms with E-state index in [0.29, 0.717) is 30.9 Å². The molecule has 6 heteroatoms. The van der Waals surface area contributed by atoms with Gasteiger partial charge in [0, 0.05) is 37.4 Å². The van der Waals surface area contributed by atoms with Gasteiger partial charge in [0.15, 0.2) is 0 Å². The number of carbonyl (C=O) groups is 2. The maximum atomic E-state index is 13.2. The first-order chi connectivity index (χ1) is 13.0. The third-order valence-electron chi connectivity index (χ3n) is 4.62. The summed E-state index contributed by atoms with van der Waals surface area (Å²) in [5.41, 5.74) is 2.21. The molecule has 27 heavy (non-hydrogen) atoms. The van der Waals surface area contributed by atoms with Crippen LogP contribution in [0.4, 0.5) is 10.1 Å². The summed E-state index contributed by atoms with van der Waals surface area (Å²) in [7, 11) is 0. The van der Waals surface area contributed by atoms with Gasteiger partial charge < -0.3 is 10.2 Å². The summed E-state index contributed by atoms with van der Waals surface area (Å²) in [4.78, 5) is 28.8. The molecule has 0 atom stereocenters. The maximum Gasteiger partial charge on any atom is 0.253 e. The molecule has 5 nitrogen and oxygen atoms in total. The van der Waals surface area contributed by atoms with E-state index in [1.807, 2.05) is 41.0 Å². The first kappa shape index (κ1) is 19.0. The van der Waals surface area contributed by atoms with E-state index in [9.17, 15) is 14.0 Å². The lowest BCUT2D eigenvalue weighted by Gasteiger charge is -2.22. The minimum atomic E-state index is -0.382. The Morgan fingerprint density at radius 3 is 2.63 bits per heavy atom. The predicted octanol–water partition coefficient (Wildman–Crippen LogP) is 2.92. The number of nitrogens with one attached hydrogen (secondary N) is 1. The smallest absolute Gasteiger partial charge is 0.253 e. The normalized spacial score (nSPS) is 15.3. The summed E-state index contributed by atoms with van der Waals surface area (Å²) in [6.07, 6.45) is 0.810. The van der Waals surface area contributed by atoms with Crippen LogP contribution in [0.3, 0.4) is 0 Å². The number of rotatable bonds is 4. The molecule has 0 spiro atoms. The van der Waals surface area contributed by atoms with Gasteiger partial charge in [-0.25, -0.2) is 4.39 Å². The van der Waals surface area contributed by atoms with Crippen LogP contribution in [0.1, 0.15) is 22.3 Å². The first-order valence-electron chi connectivity index (χ1n) is 9.15. The number of aryl methyl sites for hydroxylation is 1. The van der Waals surface area contributed by atoms with Gasteiger partial charge >= 0.3 is 0 Å². The fourth-order valence-electron chi connectivity index (χ4n) is 3.26. The number of nitrogens with zero attached hydrogens (tertiary/aromatic N) is 2. The van der Waals surface area contributed by atoms with Gasteiger partial charge in [0.1, 0.15) is 5.82 Å². The second-order valence-corrected chi connectivity index (χ2v) is 6.85. The van der Waals surface area contributed by atoms with Gasteiger partial charge in [0.25, 0.3) is 5.91 Å². The zero-order valence-electron chi connectivity index (χ0n) is 15.5. The van der Waals surface area contributed by atoms with Gasteiger partial charge in [-0.3, -0.25) is 14.5 Å². The number of hydrogen-bond donors (Lipinski definition) is 1. The van der Waals surface area contributed by atoms with Crippen LogP contribution >= 0.6 is 0 Å². The molecule has 0 aromatic heterocycles. The van der Waals surface area contributed by atoms with Crippen molar-refractivity contribution in [1.82, 2.24) is 9.80 Å². The monoisotopic (exact) mass is 369 g/mol. The quantitative estimate of drug-likeness (QED) is 0.902. The van der Waals surface area contributed by atoms with Crippen molar-refractivity contribution >= 4 is 17.5 Å².